The van der Waals surface area contributed by atoms with Crippen molar-refractivity contribution in [2.75, 3.05) is 53.1 Å². The predicted octanol–water partition coefficient (Wildman–Crippen LogP) is 4.06. The lowest BCUT2D eigenvalue weighted by Crippen LogP contribution is -2.39. The van der Waals surface area contributed by atoms with Crippen LogP contribution in [0.2, 0.25) is 5.02 Å². The van der Waals surface area contributed by atoms with Crippen LogP contribution in [0.25, 0.3) is 5.76 Å². The lowest BCUT2D eigenvalue weighted by molar-refractivity contribution is -0.140. The summed E-state index contributed by atoms with van der Waals surface area (Å²) in [5.41, 5.74) is 1.06. The number of carbonyl (C=O) groups excluding carboxylic acids is 2. The van der Waals surface area contributed by atoms with E-state index in [-0.39, 0.29) is 11.3 Å². The van der Waals surface area contributed by atoms with Gasteiger partial charge in [-0.3, -0.25) is 14.5 Å². The number of halogens is 1. The number of amides is 1. The van der Waals surface area contributed by atoms with Crippen molar-refractivity contribution in [2.45, 2.75) is 12.5 Å². The number of ether oxygens (including phenoxy) is 3. The van der Waals surface area contributed by atoms with Crippen LogP contribution in [0.1, 0.15) is 23.6 Å². The number of hydrogen-bond donors (Lipinski definition) is 1. The monoisotopic (exact) mass is 526 g/mol. The molecule has 0 radical (unpaired) electrons. The number of Topliss-reactive ketones (excluding diaryl/α,β-unsaturated/α-hetero) is 1. The van der Waals surface area contributed by atoms with Crippen molar-refractivity contribution in [3.63, 3.8) is 0 Å². The molecule has 196 valence electrons. The van der Waals surface area contributed by atoms with Gasteiger partial charge >= 0.3 is 0 Å². The first kappa shape index (κ1) is 26.7. The van der Waals surface area contributed by atoms with E-state index in [0.29, 0.717) is 60.4 Å². The molecule has 0 spiro atoms. The zero-order chi connectivity index (χ0) is 26.4. The number of likely N-dealkylation sites (tertiary alicyclic amines) is 1. The van der Waals surface area contributed by atoms with E-state index in [2.05, 4.69) is 11.5 Å². The van der Waals surface area contributed by atoms with E-state index in [4.69, 9.17) is 25.8 Å². The van der Waals surface area contributed by atoms with Gasteiger partial charge in [-0.1, -0.05) is 30.3 Å². The second kappa shape index (κ2) is 12.3. The Kier molecular flexibility index (Phi) is 8.87. The second-order valence-electron chi connectivity index (χ2n) is 8.82. The average molecular weight is 527 g/mol. The Hall–Kier alpha value is -3.33. The van der Waals surface area contributed by atoms with Crippen molar-refractivity contribution in [1.29, 1.82) is 0 Å². The van der Waals surface area contributed by atoms with Gasteiger partial charge in [-0.05, 0) is 48.4 Å². The molecule has 2 aliphatic rings. The summed E-state index contributed by atoms with van der Waals surface area (Å²) < 4.78 is 16.6. The highest BCUT2D eigenvalue weighted by Gasteiger charge is 2.46. The molecule has 0 bridgehead atoms. The van der Waals surface area contributed by atoms with Crippen LogP contribution < -0.4 is 9.47 Å². The molecule has 0 saturated carbocycles. The lowest BCUT2D eigenvalue weighted by atomic mass is 9.95. The molecule has 9 heteroatoms. The van der Waals surface area contributed by atoms with E-state index in [1.54, 1.807) is 48.5 Å². The molecular formula is C28H31ClN2O6. The molecule has 1 unspecified atom stereocenters. The van der Waals surface area contributed by atoms with Crippen LogP contribution >= 0.6 is 11.6 Å². The Morgan fingerprint density at radius 3 is 2.54 bits per heavy atom. The summed E-state index contributed by atoms with van der Waals surface area (Å²) >= 11 is 6.01. The maximum absolute atomic E-state index is 13.3. The first-order valence-electron chi connectivity index (χ1n) is 12.2. The normalized spacial score (nSPS) is 19.7. The molecule has 2 saturated heterocycles. The van der Waals surface area contributed by atoms with Crippen molar-refractivity contribution in [2.24, 2.45) is 0 Å². The molecule has 1 atom stereocenters. The van der Waals surface area contributed by atoms with Crippen molar-refractivity contribution in [3.05, 3.63) is 76.8 Å². The number of nitrogens with zero attached hydrogens (tertiary/aromatic N) is 2. The van der Waals surface area contributed by atoms with Crippen LogP contribution in [0.4, 0.5) is 0 Å². The fourth-order valence-electron chi connectivity index (χ4n) is 4.63. The lowest BCUT2D eigenvalue weighted by Gasteiger charge is -2.29. The van der Waals surface area contributed by atoms with Gasteiger partial charge in [0, 0.05) is 36.8 Å². The highest BCUT2D eigenvalue weighted by molar-refractivity contribution is 6.46. The van der Waals surface area contributed by atoms with Crippen molar-refractivity contribution < 1.29 is 28.9 Å². The van der Waals surface area contributed by atoms with Gasteiger partial charge in [0.1, 0.15) is 12.4 Å². The number of benzene rings is 2. The zero-order valence-corrected chi connectivity index (χ0v) is 21.6. The molecule has 4 rings (SSSR count). The smallest absolute Gasteiger partial charge is 0.295 e. The summed E-state index contributed by atoms with van der Waals surface area (Å²) in [7, 11) is 1.52. The number of aliphatic hydroxyl groups is 1. The highest BCUT2D eigenvalue weighted by atomic mass is 35.5. The quantitative estimate of drug-likeness (QED) is 0.216. The summed E-state index contributed by atoms with van der Waals surface area (Å²) in [6, 6.07) is 10.9. The maximum Gasteiger partial charge on any atom is 0.295 e. The van der Waals surface area contributed by atoms with E-state index >= 15 is 0 Å². The molecule has 0 aliphatic carbocycles. The van der Waals surface area contributed by atoms with Crippen molar-refractivity contribution in [1.82, 2.24) is 9.80 Å². The molecule has 1 N–H and O–H groups in total. The molecule has 2 aromatic carbocycles. The fraction of sp³-hybridized carbons (Fsp3) is 0.357. The number of carbonyl (C=O) groups is 2. The third-order valence-corrected chi connectivity index (χ3v) is 6.75. The number of rotatable bonds is 10. The van der Waals surface area contributed by atoms with Crippen LogP contribution in [-0.4, -0.2) is 79.7 Å². The molecule has 1 amide bonds. The van der Waals surface area contributed by atoms with Gasteiger partial charge in [0.25, 0.3) is 11.7 Å². The first-order chi connectivity index (χ1) is 17.9. The topological polar surface area (TPSA) is 88.5 Å². The second-order valence-corrected chi connectivity index (χ2v) is 9.25. The van der Waals surface area contributed by atoms with E-state index < -0.39 is 17.7 Å². The molecular weight excluding hydrogens is 496 g/mol. The third kappa shape index (κ3) is 5.98. The molecule has 8 nitrogen and oxygen atoms in total. The number of morpholine rings is 1. The fourth-order valence-corrected chi connectivity index (χ4v) is 4.76. The maximum atomic E-state index is 13.3. The van der Waals surface area contributed by atoms with Gasteiger partial charge in [-0.25, -0.2) is 0 Å². The molecule has 2 aliphatic heterocycles. The number of methoxy groups -OCH3 is 1. The van der Waals surface area contributed by atoms with E-state index in [1.807, 2.05) is 0 Å². The minimum Gasteiger partial charge on any atom is -0.507 e. The Labute approximate surface area is 221 Å². The Morgan fingerprint density at radius 2 is 1.86 bits per heavy atom. The van der Waals surface area contributed by atoms with E-state index in [1.165, 1.54) is 12.0 Å². The van der Waals surface area contributed by atoms with E-state index in [0.717, 1.165) is 19.6 Å². The third-order valence-electron chi connectivity index (χ3n) is 6.49. The van der Waals surface area contributed by atoms with Gasteiger partial charge in [-0.15, -0.1) is 0 Å². The van der Waals surface area contributed by atoms with Gasteiger partial charge in [-0.2, -0.15) is 0 Å². The largest absolute Gasteiger partial charge is 0.507 e. The zero-order valence-electron chi connectivity index (χ0n) is 20.8. The molecule has 0 aromatic heterocycles. The minimum absolute atomic E-state index is 0.0282. The van der Waals surface area contributed by atoms with Crippen molar-refractivity contribution in [3.8, 4) is 11.5 Å². The predicted molar refractivity (Wildman–Crippen MR) is 141 cm³/mol. The molecule has 37 heavy (non-hydrogen) atoms. The van der Waals surface area contributed by atoms with Crippen LogP contribution in [-0.2, 0) is 14.3 Å². The standard InChI is InChI=1S/C28H31ClN2O6/c1-3-15-37-22-10-7-20(18-23(22)35-2)25-24(26(32)19-5-8-21(29)9-6-19)27(33)28(34)31(25)12-4-11-30-13-16-36-17-14-30/h3,5-10,18,25,32H,1,4,11-17H2,2H3/b26-24+. The highest BCUT2D eigenvalue weighted by Crippen LogP contribution is 2.42. The first-order valence-corrected chi connectivity index (χ1v) is 12.6. The van der Waals surface area contributed by atoms with Gasteiger partial charge in [0.05, 0.1) is 31.9 Å². The minimum atomic E-state index is -0.789. The van der Waals surface area contributed by atoms with Crippen LogP contribution in [0.15, 0.2) is 60.7 Å². The number of hydrogen-bond acceptors (Lipinski definition) is 7. The molecule has 2 fully saturated rings. The van der Waals surface area contributed by atoms with Gasteiger partial charge in [0.2, 0.25) is 0 Å². The number of aliphatic hydroxyl groups excluding tert-OH is 1. The van der Waals surface area contributed by atoms with Gasteiger partial charge < -0.3 is 24.2 Å². The Morgan fingerprint density at radius 1 is 1.14 bits per heavy atom. The Balaban J connectivity index is 1.71. The summed E-state index contributed by atoms with van der Waals surface area (Å²) in [6.45, 7) is 8.13. The van der Waals surface area contributed by atoms with Crippen molar-refractivity contribution >= 4 is 29.1 Å². The SMILES string of the molecule is C=CCOc1ccc(C2/C(=C(\O)c3ccc(Cl)cc3)C(=O)C(=O)N2CCCN2CCOCC2)cc1OC. The number of ketones is 1. The molecule has 2 aromatic rings. The molecule has 2 heterocycles. The van der Waals surface area contributed by atoms with Crippen LogP contribution in [0, 0.1) is 0 Å². The van der Waals surface area contributed by atoms with Crippen LogP contribution in [0.5, 0.6) is 11.5 Å². The summed E-state index contributed by atoms with van der Waals surface area (Å²) in [4.78, 5) is 30.3. The van der Waals surface area contributed by atoms with E-state index in [9.17, 15) is 14.7 Å². The Bertz CT molecular complexity index is 1170. The average Bonchev–Trinajstić information content (AvgIpc) is 3.17. The van der Waals surface area contributed by atoms with Gasteiger partial charge in [0.15, 0.2) is 11.5 Å². The summed E-state index contributed by atoms with van der Waals surface area (Å²) in [5, 5.41) is 11.7. The van der Waals surface area contributed by atoms with Crippen LogP contribution in [0.3, 0.4) is 0 Å². The summed E-state index contributed by atoms with van der Waals surface area (Å²) in [5.74, 6) is -0.664. The summed E-state index contributed by atoms with van der Waals surface area (Å²) in [6.07, 6.45) is 2.30.